The van der Waals surface area contributed by atoms with Gasteiger partial charge >= 0.3 is 0 Å². The van der Waals surface area contributed by atoms with Crippen molar-refractivity contribution in [1.82, 2.24) is 4.98 Å². The molecule has 4 aromatic rings. The lowest BCUT2D eigenvalue weighted by molar-refractivity contribution is -0.120. The van der Waals surface area contributed by atoms with Crippen LogP contribution >= 0.6 is 11.3 Å². The number of aromatic nitrogens is 1. The first kappa shape index (κ1) is 19.7. The number of anilines is 2. The van der Waals surface area contributed by atoms with Gasteiger partial charge < -0.3 is 10.2 Å². The molecule has 1 aromatic heterocycles. The Labute approximate surface area is 184 Å². The summed E-state index contributed by atoms with van der Waals surface area (Å²) in [5.74, 6) is -0.432. The molecule has 0 spiro atoms. The van der Waals surface area contributed by atoms with Crippen molar-refractivity contribution in [2.45, 2.75) is 12.8 Å². The third-order valence-electron chi connectivity index (χ3n) is 5.69. The molecule has 1 fully saturated rings. The highest BCUT2D eigenvalue weighted by Gasteiger charge is 2.28. The van der Waals surface area contributed by atoms with Gasteiger partial charge in [-0.15, -0.1) is 0 Å². The Balaban J connectivity index is 1.34. The average Bonchev–Trinajstić information content (AvgIpc) is 3.26. The minimum atomic E-state index is -0.302. The number of carbonyl (C=O) groups is 1. The zero-order valence-corrected chi connectivity index (χ0v) is 17.7. The van der Waals surface area contributed by atoms with Crippen molar-refractivity contribution < 1.29 is 9.18 Å². The van der Waals surface area contributed by atoms with Crippen LogP contribution in [0.3, 0.4) is 0 Å². The Kier molecular flexibility index (Phi) is 5.38. The molecule has 0 bridgehead atoms. The van der Waals surface area contributed by atoms with Crippen LogP contribution in [-0.2, 0) is 4.79 Å². The molecule has 156 valence electrons. The van der Waals surface area contributed by atoms with Crippen molar-refractivity contribution >= 4 is 38.3 Å². The fourth-order valence-corrected chi connectivity index (χ4v) is 5.11. The Morgan fingerprint density at radius 1 is 1.03 bits per heavy atom. The van der Waals surface area contributed by atoms with Crippen LogP contribution in [0.15, 0.2) is 72.8 Å². The van der Waals surface area contributed by atoms with Gasteiger partial charge in [-0.05, 0) is 36.6 Å². The molecule has 1 amide bonds. The van der Waals surface area contributed by atoms with Crippen LogP contribution < -0.4 is 10.2 Å². The first-order chi connectivity index (χ1) is 15.2. The number of nitrogens with zero attached hydrogens (tertiary/aromatic N) is 2. The Hall–Kier alpha value is -3.25. The molecule has 1 aliphatic heterocycles. The van der Waals surface area contributed by atoms with Crippen molar-refractivity contribution in [2.75, 3.05) is 23.3 Å². The molecule has 31 heavy (non-hydrogen) atoms. The summed E-state index contributed by atoms with van der Waals surface area (Å²) in [6.45, 7) is 1.41. The van der Waals surface area contributed by atoms with E-state index >= 15 is 0 Å². The molecule has 1 unspecified atom stereocenters. The van der Waals surface area contributed by atoms with Crippen molar-refractivity contribution in [1.29, 1.82) is 0 Å². The van der Waals surface area contributed by atoms with E-state index in [9.17, 15) is 9.18 Å². The van der Waals surface area contributed by atoms with E-state index in [2.05, 4.69) is 15.2 Å². The second kappa shape index (κ2) is 8.47. The van der Waals surface area contributed by atoms with Crippen molar-refractivity contribution in [3.63, 3.8) is 0 Å². The maximum absolute atomic E-state index is 14.1. The second-order valence-corrected chi connectivity index (χ2v) is 8.78. The number of hydrogen-bond donors (Lipinski definition) is 1. The Morgan fingerprint density at radius 2 is 1.84 bits per heavy atom. The Morgan fingerprint density at radius 3 is 2.68 bits per heavy atom. The molecule has 1 atom stereocenters. The molecule has 1 saturated heterocycles. The monoisotopic (exact) mass is 431 g/mol. The number of amides is 1. The summed E-state index contributed by atoms with van der Waals surface area (Å²) in [5, 5.41) is 3.92. The zero-order valence-electron chi connectivity index (χ0n) is 16.9. The van der Waals surface area contributed by atoms with Crippen LogP contribution in [0.1, 0.15) is 12.8 Å². The molecule has 0 radical (unpaired) electrons. The fourth-order valence-electron chi connectivity index (χ4n) is 4.10. The van der Waals surface area contributed by atoms with Crippen LogP contribution in [-0.4, -0.2) is 24.0 Å². The number of thiazole rings is 1. The third kappa shape index (κ3) is 4.03. The minimum absolute atomic E-state index is 0.0142. The van der Waals surface area contributed by atoms with Crippen LogP contribution in [0.4, 0.5) is 15.2 Å². The minimum Gasteiger partial charge on any atom is -0.347 e. The number of benzene rings is 3. The van der Waals surface area contributed by atoms with Gasteiger partial charge in [0, 0.05) is 24.3 Å². The molecule has 0 aliphatic carbocycles. The summed E-state index contributed by atoms with van der Waals surface area (Å²) in [5.41, 5.74) is 3.30. The predicted molar refractivity (Wildman–Crippen MR) is 125 cm³/mol. The lowest BCUT2D eigenvalue weighted by atomic mass is 9.96. The molecule has 5 rings (SSSR count). The first-order valence-electron chi connectivity index (χ1n) is 10.4. The van der Waals surface area contributed by atoms with Gasteiger partial charge in [0.2, 0.25) is 5.91 Å². The average molecular weight is 432 g/mol. The van der Waals surface area contributed by atoms with Gasteiger partial charge in [0.05, 0.1) is 10.6 Å². The largest absolute Gasteiger partial charge is 0.347 e. The van der Waals surface area contributed by atoms with E-state index < -0.39 is 0 Å². The van der Waals surface area contributed by atoms with E-state index in [0.29, 0.717) is 12.1 Å². The van der Waals surface area contributed by atoms with E-state index in [0.717, 1.165) is 46.0 Å². The summed E-state index contributed by atoms with van der Waals surface area (Å²) < 4.78 is 14.9. The van der Waals surface area contributed by atoms with Crippen LogP contribution in [0.2, 0.25) is 0 Å². The fraction of sp³-hybridized carbons (Fsp3) is 0.200. The number of para-hydroxylation sites is 2. The van der Waals surface area contributed by atoms with Crippen molar-refractivity contribution in [3.05, 3.63) is 78.6 Å². The lowest BCUT2D eigenvalue weighted by Crippen LogP contribution is -2.40. The summed E-state index contributed by atoms with van der Waals surface area (Å²) in [6.07, 6.45) is 1.73. The van der Waals surface area contributed by atoms with E-state index in [1.165, 1.54) is 17.4 Å². The van der Waals surface area contributed by atoms with E-state index in [1.54, 1.807) is 6.07 Å². The second-order valence-electron chi connectivity index (χ2n) is 7.77. The van der Waals surface area contributed by atoms with E-state index in [-0.39, 0.29) is 17.6 Å². The van der Waals surface area contributed by atoms with E-state index in [4.69, 9.17) is 0 Å². The van der Waals surface area contributed by atoms with Crippen LogP contribution in [0.5, 0.6) is 0 Å². The SMILES string of the molecule is O=C(Nc1ccccc1-c1ccccc1)C1CCCN(c2nc3c(F)cccc3s2)C1. The standard InChI is InChI=1S/C25H22FN3OS/c26-20-12-6-14-22-23(20)28-25(31-22)29-15-7-10-18(16-29)24(30)27-21-13-5-4-11-19(21)17-8-2-1-3-9-17/h1-6,8-9,11-14,18H,7,10,15-16H2,(H,27,30). The normalized spacial score (nSPS) is 16.4. The van der Waals surface area contributed by atoms with Gasteiger partial charge in [0.25, 0.3) is 0 Å². The molecular weight excluding hydrogens is 409 g/mol. The number of halogens is 1. The highest BCUT2D eigenvalue weighted by molar-refractivity contribution is 7.22. The number of carbonyl (C=O) groups excluding carboxylic acids is 1. The summed E-state index contributed by atoms with van der Waals surface area (Å²) in [7, 11) is 0. The topological polar surface area (TPSA) is 45.2 Å². The van der Waals surface area contributed by atoms with Gasteiger partial charge in [0.1, 0.15) is 11.3 Å². The summed E-state index contributed by atoms with van der Waals surface area (Å²) in [6, 6.07) is 22.9. The third-order valence-corrected chi connectivity index (χ3v) is 6.77. The van der Waals surface area contributed by atoms with Gasteiger partial charge in [0.15, 0.2) is 5.13 Å². The maximum Gasteiger partial charge on any atom is 0.229 e. The smallest absolute Gasteiger partial charge is 0.229 e. The molecule has 2 heterocycles. The predicted octanol–water partition coefficient (Wildman–Crippen LogP) is 5.96. The molecule has 0 saturated carbocycles. The lowest BCUT2D eigenvalue weighted by Gasteiger charge is -2.31. The van der Waals surface area contributed by atoms with Crippen molar-refractivity contribution in [2.24, 2.45) is 5.92 Å². The number of nitrogens with one attached hydrogen (secondary N) is 1. The van der Waals surface area contributed by atoms with Gasteiger partial charge in [-0.1, -0.05) is 65.9 Å². The zero-order chi connectivity index (χ0) is 21.2. The number of fused-ring (bicyclic) bond motifs is 1. The molecule has 1 aliphatic rings. The molecule has 6 heteroatoms. The summed E-state index contributed by atoms with van der Waals surface area (Å²) >= 11 is 1.48. The van der Waals surface area contributed by atoms with Crippen LogP contribution in [0, 0.1) is 11.7 Å². The first-order valence-corrected chi connectivity index (χ1v) is 11.3. The molecule has 3 aromatic carbocycles. The highest BCUT2D eigenvalue weighted by Crippen LogP contribution is 2.33. The van der Waals surface area contributed by atoms with Crippen molar-refractivity contribution in [3.8, 4) is 11.1 Å². The van der Waals surface area contributed by atoms with Crippen LogP contribution in [0.25, 0.3) is 21.3 Å². The number of hydrogen-bond acceptors (Lipinski definition) is 4. The van der Waals surface area contributed by atoms with Gasteiger partial charge in [-0.25, -0.2) is 9.37 Å². The highest BCUT2D eigenvalue weighted by atomic mass is 32.1. The maximum atomic E-state index is 14.1. The number of rotatable bonds is 4. The molecular formula is C25H22FN3OS. The van der Waals surface area contributed by atoms with Gasteiger partial charge in [-0.2, -0.15) is 0 Å². The Bertz CT molecular complexity index is 1220. The number of piperidine rings is 1. The molecule has 4 nitrogen and oxygen atoms in total. The van der Waals surface area contributed by atoms with E-state index in [1.807, 2.05) is 60.7 Å². The van der Waals surface area contributed by atoms with Gasteiger partial charge in [-0.3, -0.25) is 4.79 Å². The molecule has 1 N–H and O–H groups in total. The quantitative estimate of drug-likeness (QED) is 0.434. The summed E-state index contributed by atoms with van der Waals surface area (Å²) in [4.78, 5) is 19.8.